The minimum Gasteiger partial charge on any atom is -0.457 e. The third-order valence-electron chi connectivity index (χ3n) is 9.82. The van der Waals surface area contributed by atoms with Crippen LogP contribution in [0, 0.1) is 0 Å². The zero-order valence-corrected chi connectivity index (χ0v) is 30.0. The molecule has 0 saturated heterocycles. The van der Waals surface area contributed by atoms with Gasteiger partial charge in [0.25, 0.3) is 0 Å². The highest BCUT2D eigenvalue weighted by Crippen LogP contribution is 2.39. The first-order valence-corrected chi connectivity index (χ1v) is 18.0. The summed E-state index contributed by atoms with van der Waals surface area (Å²) in [5.41, 5.74) is 5.94. The summed E-state index contributed by atoms with van der Waals surface area (Å²) in [4.78, 5) is 20.6. The van der Waals surface area contributed by atoms with E-state index < -0.39 is 0 Å². The van der Waals surface area contributed by atoms with Crippen LogP contribution in [0.5, 0.6) is 23.0 Å². The largest absolute Gasteiger partial charge is 0.457 e. The Morgan fingerprint density at radius 2 is 0.964 bits per heavy atom. The fourth-order valence-electron chi connectivity index (χ4n) is 7.35. The molecule has 0 radical (unpaired) electrons. The third kappa shape index (κ3) is 5.75. The number of benzene rings is 5. The van der Waals surface area contributed by atoms with Gasteiger partial charge in [-0.15, -0.1) is 0 Å². The van der Waals surface area contributed by atoms with Crippen LogP contribution in [0.1, 0.15) is 0 Å². The van der Waals surface area contributed by atoms with E-state index in [0.717, 1.165) is 66.5 Å². The SMILES string of the molecule is CN(C)c1ccnc(-n2c3ccccc3c3ccc(Oc4cc(Oc5ccc6c7ccccc7n(-c7ccccn7)c6c5)cc(-c5ncccn5)c4)cc32)c1. The molecule has 55 heavy (non-hydrogen) atoms. The summed E-state index contributed by atoms with van der Waals surface area (Å²) >= 11 is 0. The molecule has 5 aromatic carbocycles. The molecule has 0 atom stereocenters. The van der Waals surface area contributed by atoms with Crippen LogP contribution in [0.15, 0.2) is 164 Å². The van der Waals surface area contributed by atoms with Crippen molar-refractivity contribution >= 4 is 49.3 Å². The molecule has 10 aromatic rings. The van der Waals surface area contributed by atoms with E-state index in [4.69, 9.17) is 14.5 Å². The van der Waals surface area contributed by atoms with E-state index in [1.807, 2.05) is 87.2 Å². The number of pyridine rings is 2. The lowest BCUT2D eigenvalue weighted by atomic mass is 10.1. The molecule has 9 nitrogen and oxygen atoms in total. The molecular formula is C46H33N7O2. The molecule has 5 heterocycles. The van der Waals surface area contributed by atoms with Gasteiger partial charge in [0.05, 0.1) is 22.1 Å². The number of hydrogen-bond acceptors (Lipinski definition) is 7. The summed E-state index contributed by atoms with van der Waals surface area (Å²) in [6, 6.07) is 46.7. The average Bonchev–Trinajstić information content (AvgIpc) is 3.73. The Balaban J connectivity index is 1.07. The molecule has 0 aliphatic carbocycles. The molecule has 0 fully saturated rings. The van der Waals surface area contributed by atoms with Gasteiger partial charge in [0.2, 0.25) is 0 Å². The van der Waals surface area contributed by atoms with E-state index in [1.54, 1.807) is 18.5 Å². The van der Waals surface area contributed by atoms with Crippen molar-refractivity contribution in [2.24, 2.45) is 0 Å². The van der Waals surface area contributed by atoms with Crippen molar-refractivity contribution in [3.63, 3.8) is 0 Å². The van der Waals surface area contributed by atoms with Gasteiger partial charge >= 0.3 is 0 Å². The Morgan fingerprint density at radius 1 is 0.418 bits per heavy atom. The number of aromatic nitrogens is 6. The molecule has 0 amide bonds. The van der Waals surface area contributed by atoms with Gasteiger partial charge in [0, 0.05) is 95.9 Å². The van der Waals surface area contributed by atoms with E-state index in [1.165, 1.54) is 0 Å². The highest BCUT2D eigenvalue weighted by molar-refractivity contribution is 6.10. The van der Waals surface area contributed by atoms with E-state index in [9.17, 15) is 0 Å². The van der Waals surface area contributed by atoms with Gasteiger partial charge in [-0.2, -0.15) is 0 Å². The van der Waals surface area contributed by atoms with E-state index in [-0.39, 0.29) is 0 Å². The van der Waals surface area contributed by atoms with Crippen molar-refractivity contribution in [2.75, 3.05) is 19.0 Å². The van der Waals surface area contributed by atoms with Crippen LogP contribution in [0.25, 0.3) is 66.6 Å². The Kier molecular flexibility index (Phi) is 7.69. The lowest BCUT2D eigenvalue weighted by Gasteiger charge is -2.15. The first kappa shape index (κ1) is 32.2. The second-order valence-corrected chi connectivity index (χ2v) is 13.5. The molecule has 0 aliphatic rings. The van der Waals surface area contributed by atoms with E-state index in [0.29, 0.717) is 28.8 Å². The van der Waals surface area contributed by atoms with Gasteiger partial charge in [-0.3, -0.25) is 9.13 Å². The van der Waals surface area contributed by atoms with Crippen LogP contribution >= 0.6 is 0 Å². The molecule has 0 N–H and O–H groups in total. The van der Waals surface area contributed by atoms with Crippen LogP contribution in [-0.4, -0.2) is 43.2 Å². The van der Waals surface area contributed by atoms with Crippen LogP contribution in [-0.2, 0) is 0 Å². The Hall–Kier alpha value is -7.52. The predicted octanol–water partition coefficient (Wildman–Crippen LogP) is 10.8. The predicted molar refractivity (Wildman–Crippen MR) is 219 cm³/mol. The van der Waals surface area contributed by atoms with Crippen molar-refractivity contribution in [1.82, 2.24) is 29.1 Å². The highest BCUT2D eigenvalue weighted by atomic mass is 16.5. The number of nitrogens with zero attached hydrogens (tertiary/aromatic N) is 7. The van der Waals surface area contributed by atoms with Gasteiger partial charge in [0.15, 0.2) is 5.82 Å². The number of hydrogen-bond donors (Lipinski definition) is 0. The average molecular weight is 716 g/mol. The van der Waals surface area contributed by atoms with Crippen molar-refractivity contribution in [1.29, 1.82) is 0 Å². The lowest BCUT2D eigenvalue weighted by Crippen LogP contribution is -2.09. The topological polar surface area (TPSA) is 83.1 Å². The smallest absolute Gasteiger partial charge is 0.159 e. The fourth-order valence-corrected chi connectivity index (χ4v) is 7.35. The summed E-state index contributed by atoms with van der Waals surface area (Å²) in [6.45, 7) is 0. The summed E-state index contributed by atoms with van der Waals surface area (Å²) in [5, 5.41) is 4.50. The van der Waals surface area contributed by atoms with E-state index in [2.05, 4.69) is 102 Å². The van der Waals surface area contributed by atoms with Gasteiger partial charge < -0.3 is 14.4 Å². The van der Waals surface area contributed by atoms with Crippen molar-refractivity contribution in [3.05, 3.63) is 164 Å². The monoisotopic (exact) mass is 715 g/mol. The number of anilines is 1. The fraction of sp³-hybridized carbons (Fsp3) is 0.0435. The number of ether oxygens (including phenoxy) is 2. The Morgan fingerprint density at radius 3 is 1.56 bits per heavy atom. The second kappa shape index (κ2) is 13.2. The number of para-hydroxylation sites is 2. The van der Waals surface area contributed by atoms with Crippen molar-refractivity contribution < 1.29 is 9.47 Å². The van der Waals surface area contributed by atoms with Crippen molar-refractivity contribution in [2.45, 2.75) is 0 Å². The second-order valence-electron chi connectivity index (χ2n) is 13.5. The molecule has 0 saturated carbocycles. The minimum absolute atomic E-state index is 0.561. The molecule has 0 aliphatic heterocycles. The summed E-state index contributed by atoms with van der Waals surface area (Å²) in [6.07, 6.45) is 7.12. The molecule has 0 bridgehead atoms. The van der Waals surface area contributed by atoms with Gasteiger partial charge in [-0.1, -0.05) is 42.5 Å². The van der Waals surface area contributed by atoms with Crippen LogP contribution in [0.2, 0.25) is 0 Å². The first-order valence-electron chi connectivity index (χ1n) is 18.0. The Labute approximate surface area is 316 Å². The maximum atomic E-state index is 6.67. The highest BCUT2D eigenvalue weighted by Gasteiger charge is 2.17. The molecule has 264 valence electrons. The lowest BCUT2D eigenvalue weighted by molar-refractivity contribution is 0.461. The first-order chi connectivity index (χ1) is 27.1. The van der Waals surface area contributed by atoms with Crippen LogP contribution in [0.4, 0.5) is 5.69 Å². The Bertz CT molecular complexity index is 3030. The summed E-state index contributed by atoms with van der Waals surface area (Å²) in [7, 11) is 4.06. The molecule has 5 aromatic heterocycles. The van der Waals surface area contributed by atoms with Crippen LogP contribution < -0.4 is 14.4 Å². The molecule has 0 spiro atoms. The zero-order chi connectivity index (χ0) is 36.9. The summed E-state index contributed by atoms with van der Waals surface area (Å²) < 4.78 is 17.7. The quantitative estimate of drug-likeness (QED) is 0.155. The molecule has 9 heteroatoms. The molecular weight excluding hydrogens is 683 g/mol. The number of fused-ring (bicyclic) bond motifs is 6. The standard InChI is InChI=1S/C46H33N7O2/c1-51(2)31-19-23-48-45(26-31)53-41-13-6-4-11-37(41)39-18-16-33(29-43(39)53)55-35-25-30(46-49-21-9-22-50-46)24-34(27-35)54-32-15-17-38-36-10-3-5-12-40(36)52(42(38)28-32)44-14-7-8-20-47-44/h3-29H,1-2H3. The van der Waals surface area contributed by atoms with Gasteiger partial charge in [0.1, 0.15) is 34.6 Å². The summed E-state index contributed by atoms with van der Waals surface area (Å²) in [5.74, 6) is 4.72. The van der Waals surface area contributed by atoms with Crippen LogP contribution in [0.3, 0.4) is 0 Å². The maximum absolute atomic E-state index is 6.67. The van der Waals surface area contributed by atoms with Gasteiger partial charge in [-0.25, -0.2) is 19.9 Å². The molecule has 10 rings (SSSR count). The number of rotatable bonds is 8. The van der Waals surface area contributed by atoms with Crippen molar-refractivity contribution in [3.8, 4) is 46.0 Å². The van der Waals surface area contributed by atoms with Gasteiger partial charge in [-0.05, 0) is 72.8 Å². The normalized spacial score (nSPS) is 11.5. The minimum atomic E-state index is 0.561. The third-order valence-corrected chi connectivity index (χ3v) is 9.82. The van der Waals surface area contributed by atoms with E-state index >= 15 is 0 Å². The maximum Gasteiger partial charge on any atom is 0.159 e. The molecule has 0 unspecified atom stereocenters. The zero-order valence-electron chi connectivity index (χ0n) is 30.0.